The SMILES string of the molecule is COc1ccc(N2CCN(C(=O)c3ccn4c3CSC4c3cccnc3)CC2)cc1. The fourth-order valence-corrected chi connectivity index (χ4v) is 5.51. The summed E-state index contributed by atoms with van der Waals surface area (Å²) in [6.07, 6.45) is 5.75. The first-order valence-electron chi connectivity index (χ1n) is 10.1. The van der Waals surface area contributed by atoms with Crippen molar-refractivity contribution in [1.29, 1.82) is 0 Å². The summed E-state index contributed by atoms with van der Waals surface area (Å²) in [4.78, 5) is 21.8. The molecule has 1 aromatic carbocycles. The molecule has 154 valence electrons. The lowest BCUT2D eigenvalue weighted by molar-refractivity contribution is 0.0746. The second-order valence-electron chi connectivity index (χ2n) is 7.51. The normalized spacial score (nSPS) is 18.4. The lowest BCUT2D eigenvalue weighted by atomic mass is 10.2. The molecule has 1 atom stereocenters. The molecule has 0 N–H and O–H groups in total. The van der Waals surface area contributed by atoms with E-state index < -0.39 is 0 Å². The zero-order valence-electron chi connectivity index (χ0n) is 16.9. The van der Waals surface area contributed by atoms with Gasteiger partial charge in [-0.2, -0.15) is 0 Å². The predicted molar refractivity (Wildman–Crippen MR) is 119 cm³/mol. The molecule has 3 aromatic rings. The number of amides is 1. The number of hydrogen-bond acceptors (Lipinski definition) is 5. The van der Waals surface area contributed by atoms with E-state index in [9.17, 15) is 4.79 Å². The van der Waals surface area contributed by atoms with Gasteiger partial charge in [-0.1, -0.05) is 6.07 Å². The fourth-order valence-electron chi connectivity index (χ4n) is 4.19. The summed E-state index contributed by atoms with van der Waals surface area (Å²) >= 11 is 1.84. The van der Waals surface area contributed by atoms with Crippen LogP contribution >= 0.6 is 11.8 Å². The molecule has 2 aliphatic heterocycles. The minimum absolute atomic E-state index is 0.144. The number of aromatic nitrogens is 2. The molecule has 7 heteroatoms. The van der Waals surface area contributed by atoms with E-state index in [0.717, 1.165) is 48.9 Å². The lowest BCUT2D eigenvalue weighted by Gasteiger charge is -2.36. The van der Waals surface area contributed by atoms with Crippen LogP contribution in [0, 0.1) is 0 Å². The molecule has 0 aliphatic carbocycles. The third-order valence-electron chi connectivity index (χ3n) is 5.86. The maximum Gasteiger partial charge on any atom is 0.255 e. The Kier molecular flexibility index (Phi) is 5.12. The van der Waals surface area contributed by atoms with Gasteiger partial charge in [0.2, 0.25) is 0 Å². The first-order valence-corrected chi connectivity index (χ1v) is 11.2. The van der Waals surface area contributed by atoms with E-state index in [2.05, 4.69) is 32.7 Å². The maximum atomic E-state index is 13.2. The van der Waals surface area contributed by atoms with Crippen molar-refractivity contribution in [1.82, 2.24) is 14.5 Å². The molecule has 5 rings (SSSR count). The summed E-state index contributed by atoms with van der Waals surface area (Å²) < 4.78 is 7.46. The number of carbonyl (C=O) groups excluding carboxylic acids is 1. The summed E-state index contributed by atoms with van der Waals surface area (Å²) in [5, 5.41) is 0.196. The van der Waals surface area contributed by atoms with Crippen molar-refractivity contribution >= 4 is 23.4 Å². The van der Waals surface area contributed by atoms with Crippen molar-refractivity contribution < 1.29 is 9.53 Å². The molecule has 1 fully saturated rings. The highest BCUT2D eigenvalue weighted by Gasteiger charge is 2.31. The summed E-state index contributed by atoms with van der Waals surface area (Å²) in [6.45, 7) is 3.13. The van der Waals surface area contributed by atoms with Gasteiger partial charge < -0.3 is 19.1 Å². The standard InChI is InChI=1S/C23H24N4O2S/c1-29-19-6-4-18(5-7-19)25-11-13-26(14-12-25)22(28)20-8-10-27-21(20)16-30-23(27)17-3-2-9-24-15-17/h2-10,15,23H,11-14,16H2,1H3. The van der Waals surface area contributed by atoms with Crippen LogP contribution in [-0.2, 0) is 5.75 Å². The Morgan fingerprint density at radius 3 is 2.60 bits per heavy atom. The van der Waals surface area contributed by atoms with Gasteiger partial charge >= 0.3 is 0 Å². The number of pyridine rings is 1. The fraction of sp³-hybridized carbons (Fsp3) is 0.304. The molecule has 0 radical (unpaired) electrons. The molecule has 6 nitrogen and oxygen atoms in total. The van der Waals surface area contributed by atoms with Crippen LogP contribution in [0.25, 0.3) is 0 Å². The van der Waals surface area contributed by atoms with Crippen LogP contribution in [0.5, 0.6) is 5.75 Å². The van der Waals surface area contributed by atoms with Gasteiger partial charge in [-0.3, -0.25) is 9.78 Å². The first-order chi connectivity index (χ1) is 14.7. The van der Waals surface area contributed by atoms with Crippen molar-refractivity contribution in [3.05, 3.63) is 77.9 Å². The number of anilines is 1. The number of piperazine rings is 1. The second-order valence-corrected chi connectivity index (χ2v) is 8.58. The third kappa shape index (κ3) is 3.43. The Bertz CT molecular complexity index is 1030. The van der Waals surface area contributed by atoms with E-state index in [1.54, 1.807) is 13.3 Å². The molecule has 0 saturated carbocycles. The van der Waals surface area contributed by atoms with E-state index in [0.29, 0.717) is 0 Å². The molecular weight excluding hydrogens is 396 g/mol. The summed E-state index contributed by atoms with van der Waals surface area (Å²) in [5.41, 5.74) is 4.30. The number of thioether (sulfide) groups is 1. The Hall–Kier alpha value is -2.93. The van der Waals surface area contributed by atoms with Crippen molar-refractivity contribution in [3.63, 3.8) is 0 Å². The Morgan fingerprint density at radius 1 is 1.10 bits per heavy atom. The average molecular weight is 421 g/mol. The summed E-state index contributed by atoms with van der Waals surface area (Å²) in [7, 11) is 1.68. The number of rotatable bonds is 4. The summed E-state index contributed by atoms with van der Waals surface area (Å²) in [5.74, 6) is 1.85. The molecule has 1 saturated heterocycles. The van der Waals surface area contributed by atoms with Crippen LogP contribution < -0.4 is 9.64 Å². The average Bonchev–Trinajstić information content (AvgIpc) is 3.42. The number of carbonyl (C=O) groups is 1. The predicted octanol–water partition coefficient (Wildman–Crippen LogP) is 3.65. The van der Waals surface area contributed by atoms with Crippen LogP contribution in [0.15, 0.2) is 61.1 Å². The van der Waals surface area contributed by atoms with Crippen LogP contribution in [-0.4, -0.2) is 53.6 Å². The first kappa shape index (κ1) is 19.1. The molecule has 4 heterocycles. The van der Waals surface area contributed by atoms with Crippen LogP contribution in [0.3, 0.4) is 0 Å². The van der Waals surface area contributed by atoms with Gasteiger partial charge in [0.05, 0.1) is 12.7 Å². The van der Waals surface area contributed by atoms with Gasteiger partial charge in [0.15, 0.2) is 0 Å². The van der Waals surface area contributed by atoms with E-state index >= 15 is 0 Å². The van der Waals surface area contributed by atoms with Gasteiger partial charge in [-0.15, -0.1) is 11.8 Å². The number of hydrogen-bond donors (Lipinski definition) is 0. The Morgan fingerprint density at radius 2 is 1.90 bits per heavy atom. The van der Waals surface area contributed by atoms with Crippen molar-refractivity contribution in [2.45, 2.75) is 11.1 Å². The molecular formula is C23H24N4O2S. The number of methoxy groups -OCH3 is 1. The van der Waals surface area contributed by atoms with Crippen molar-refractivity contribution in [2.24, 2.45) is 0 Å². The number of ether oxygens (including phenoxy) is 1. The van der Waals surface area contributed by atoms with Gasteiger partial charge in [0.25, 0.3) is 5.91 Å². The number of fused-ring (bicyclic) bond motifs is 1. The smallest absolute Gasteiger partial charge is 0.255 e. The molecule has 0 spiro atoms. The van der Waals surface area contributed by atoms with E-state index in [4.69, 9.17) is 4.74 Å². The lowest BCUT2D eigenvalue weighted by Crippen LogP contribution is -2.48. The molecule has 30 heavy (non-hydrogen) atoms. The zero-order valence-corrected chi connectivity index (χ0v) is 17.7. The van der Waals surface area contributed by atoms with E-state index in [1.807, 2.05) is 53.3 Å². The van der Waals surface area contributed by atoms with Crippen LogP contribution in [0.4, 0.5) is 5.69 Å². The highest BCUT2D eigenvalue weighted by Crippen LogP contribution is 2.42. The zero-order chi connectivity index (χ0) is 20.5. The topological polar surface area (TPSA) is 50.6 Å². The number of nitrogens with zero attached hydrogens (tertiary/aromatic N) is 4. The molecule has 0 bridgehead atoms. The minimum Gasteiger partial charge on any atom is -0.497 e. The van der Waals surface area contributed by atoms with Gasteiger partial charge in [0, 0.05) is 67.5 Å². The summed E-state index contributed by atoms with van der Waals surface area (Å²) in [6, 6.07) is 14.2. The molecule has 2 aromatic heterocycles. The van der Waals surface area contributed by atoms with Gasteiger partial charge in [-0.25, -0.2) is 0 Å². The van der Waals surface area contributed by atoms with E-state index in [-0.39, 0.29) is 11.3 Å². The van der Waals surface area contributed by atoms with Crippen LogP contribution in [0.1, 0.15) is 27.0 Å². The minimum atomic E-state index is 0.144. The second kappa shape index (κ2) is 8.07. The van der Waals surface area contributed by atoms with Gasteiger partial charge in [0.1, 0.15) is 11.1 Å². The van der Waals surface area contributed by atoms with Crippen molar-refractivity contribution in [2.75, 3.05) is 38.2 Å². The number of benzene rings is 1. The quantitative estimate of drug-likeness (QED) is 0.645. The monoisotopic (exact) mass is 420 g/mol. The van der Waals surface area contributed by atoms with E-state index in [1.165, 1.54) is 11.3 Å². The Labute approximate surface area is 180 Å². The highest BCUT2D eigenvalue weighted by molar-refractivity contribution is 7.99. The van der Waals surface area contributed by atoms with Gasteiger partial charge in [-0.05, 0) is 36.4 Å². The maximum absolute atomic E-state index is 13.2. The largest absolute Gasteiger partial charge is 0.497 e. The van der Waals surface area contributed by atoms with Crippen molar-refractivity contribution in [3.8, 4) is 5.75 Å². The molecule has 1 unspecified atom stereocenters. The van der Waals surface area contributed by atoms with Crippen LogP contribution in [0.2, 0.25) is 0 Å². The molecule has 2 aliphatic rings. The Balaban J connectivity index is 1.27. The molecule has 1 amide bonds. The third-order valence-corrected chi connectivity index (χ3v) is 7.11. The highest BCUT2D eigenvalue weighted by atomic mass is 32.2.